The van der Waals surface area contributed by atoms with Crippen molar-refractivity contribution in [1.82, 2.24) is 10.3 Å². The van der Waals surface area contributed by atoms with Gasteiger partial charge in [-0.15, -0.1) is 11.3 Å². The fourth-order valence-corrected chi connectivity index (χ4v) is 5.18. The summed E-state index contributed by atoms with van der Waals surface area (Å²) < 4.78 is 15.5. The van der Waals surface area contributed by atoms with Gasteiger partial charge >= 0.3 is 11.9 Å². The van der Waals surface area contributed by atoms with Crippen molar-refractivity contribution in [3.63, 3.8) is 0 Å². The molecule has 0 bridgehead atoms. The molecule has 2 aromatic carbocycles. The molecule has 0 unspecified atom stereocenters. The minimum Gasteiger partial charge on any atom is -0.497 e. The summed E-state index contributed by atoms with van der Waals surface area (Å²) in [5, 5.41) is 5.90. The Balaban J connectivity index is 1.86. The molecule has 1 aliphatic rings. The third-order valence-electron chi connectivity index (χ3n) is 5.96. The van der Waals surface area contributed by atoms with Crippen molar-refractivity contribution in [2.45, 2.75) is 19.8 Å². The molecule has 0 saturated carbocycles. The van der Waals surface area contributed by atoms with Crippen LogP contribution < -0.4 is 10.1 Å². The minimum absolute atomic E-state index is 0.359. The number of aromatic nitrogens is 1. The standard InChI is InChI=1S/C27H26N2O5S/c1-15-22(26(30)33-4)24(23(16(2)28-15)27(31)34-5)19-8-6-7-9-20(19)25-29-21(14-35-25)17-10-12-18(32-3)13-11-17/h6-14,24,28H,1-5H3. The lowest BCUT2D eigenvalue weighted by Crippen LogP contribution is -2.32. The Labute approximate surface area is 208 Å². The van der Waals surface area contributed by atoms with E-state index in [-0.39, 0.29) is 0 Å². The topological polar surface area (TPSA) is 86.8 Å². The number of hydrogen-bond acceptors (Lipinski definition) is 8. The van der Waals surface area contributed by atoms with Gasteiger partial charge in [0.15, 0.2) is 0 Å². The van der Waals surface area contributed by atoms with Gasteiger partial charge in [0.2, 0.25) is 0 Å². The van der Waals surface area contributed by atoms with E-state index >= 15 is 0 Å². The van der Waals surface area contributed by atoms with Crippen LogP contribution in [0.1, 0.15) is 25.3 Å². The Morgan fingerprint density at radius 3 is 2.06 bits per heavy atom. The van der Waals surface area contributed by atoms with E-state index in [4.69, 9.17) is 19.2 Å². The van der Waals surface area contributed by atoms with Crippen LogP contribution in [-0.4, -0.2) is 38.3 Å². The minimum atomic E-state index is -0.680. The van der Waals surface area contributed by atoms with Crippen LogP contribution in [0.15, 0.2) is 76.5 Å². The van der Waals surface area contributed by atoms with E-state index in [1.807, 2.05) is 53.9 Å². The zero-order valence-corrected chi connectivity index (χ0v) is 21.0. The van der Waals surface area contributed by atoms with E-state index in [0.29, 0.717) is 22.5 Å². The van der Waals surface area contributed by atoms with Crippen molar-refractivity contribution in [3.05, 3.63) is 82.0 Å². The number of allylic oxidation sites excluding steroid dienone is 2. The second kappa shape index (κ2) is 10.1. The first-order chi connectivity index (χ1) is 16.9. The molecule has 0 aliphatic carbocycles. The van der Waals surface area contributed by atoms with Gasteiger partial charge in [-0.3, -0.25) is 0 Å². The SMILES string of the molecule is COC(=O)C1=C(C)NC(C)=C(C(=O)OC)C1c1ccccc1-c1nc(-c2ccc(OC)cc2)cs1. The fraction of sp³-hybridized carbons (Fsp3) is 0.222. The van der Waals surface area contributed by atoms with Crippen LogP contribution >= 0.6 is 11.3 Å². The molecule has 0 spiro atoms. The molecule has 0 fully saturated rings. The van der Waals surface area contributed by atoms with Gasteiger partial charge in [0.25, 0.3) is 0 Å². The number of nitrogens with zero attached hydrogens (tertiary/aromatic N) is 1. The monoisotopic (exact) mass is 490 g/mol. The molecule has 0 atom stereocenters. The number of hydrogen-bond donors (Lipinski definition) is 1. The number of methoxy groups -OCH3 is 3. The highest BCUT2D eigenvalue weighted by Crippen LogP contribution is 2.43. The van der Waals surface area contributed by atoms with Crippen LogP contribution in [0.5, 0.6) is 5.75 Å². The molecule has 1 N–H and O–H groups in total. The van der Waals surface area contributed by atoms with E-state index in [9.17, 15) is 9.59 Å². The molecule has 180 valence electrons. The van der Waals surface area contributed by atoms with Crippen LogP contribution in [-0.2, 0) is 19.1 Å². The molecule has 1 aliphatic heterocycles. The summed E-state index contributed by atoms with van der Waals surface area (Å²) in [7, 11) is 4.29. The van der Waals surface area contributed by atoms with Crippen LogP contribution in [0, 0.1) is 0 Å². The van der Waals surface area contributed by atoms with Gasteiger partial charge in [0, 0.05) is 27.9 Å². The number of benzene rings is 2. The summed E-state index contributed by atoms with van der Waals surface area (Å²) >= 11 is 1.50. The average molecular weight is 491 g/mol. The first kappa shape index (κ1) is 24.2. The number of carbonyl (C=O) groups excluding carboxylic acids is 2. The van der Waals surface area contributed by atoms with E-state index in [1.165, 1.54) is 25.6 Å². The van der Waals surface area contributed by atoms with Gasteiger partial charge in [-0.1, -0.05) is 24.3 Å². The summed E-state index contributed by atoms with van der Waals surface area (Å²) in [4.78, 5) is 30.7. The smallest absolute Gasteiger partial charge is 0.336 e. The molecule has 0 amide bonds. The maximum atomic E-state index is 12.9. The molecule has 8 heteroatoms. The molecular weight excluding hydrogens is 464 g/mol. The summed E-state index contributed by atoms with van der Waals surface area (Å²) in [6.07, 6.45) is 0. The number of nitrogens with one attached hydrogen (secondary N) is 1. The van der Waals surface area contributed by atoms with Gasteiger partial charge < -0.3 is 19.5 Å². The number of carbonyl (C=O) groups is 2. The largest absolute Gasteiger partial charge is 0.497 e. The summed E-state index contributed by atoms with van der Waals surface area (Å²) in [5.41, 5.74) is 5.35. The van der Waals surface area contributed by atoms with Crippen LogP contribution in [0.3, 0.4) is 0 Å². The predicted octanol–water partition coefficient (Wildman–Crippen LogP) is 5.07. The van der Waals surface area contributed by atoms with Crippen LogP contribution in [0.25, 0.3) is 21.8 Å². The van der Waals surface area contributed by atoms with E-state index in [2.05, 4.69) is 5.32 Å². The van der Waals surface area contributed by atoms with Crippen LogP contribution in [0.4, 0.5) is 0 Å². The lowest BCUT2D eigenvalue weighted by Gasteiger charge is -2.31. The highest BCUT2D eigenvalue weighted by molar-refractivity contribution is 7.13. The molecule has 1 aromatic heterocycles. The van der Waals surface area contributed by atoms with Gasteiger partial charge in [-0.25, -0.2) is 14.6 Å². The van der Waals surface area contributed by atoms with Gasteiger partial charge in [0.05, 0.1) is 44.1 Å². The zero-order valence-electron chi connectivity index (χ0n) is 20.2. The van der Waals surface area contributed by atoms with Crippen molar-refractivity contribution in [2.75, 3.05) is 21.3 Å². The number of rotatable bonds is 6. The lowest BCUT2D eigenvalue weighted by molar-refractivity contribution is -0.137. The van der Waals surface area contributed by atoms with Gasteiger partial charge in [0.1, 0.15) is 10.8 Å². The zero-order chi connectivity index (χ0) is 25.1. The second-order valence-corrected chi connectivity index (χ2v) is 8.83. The summed E-state index contributed by atoms with van der Waals surface area (Å²) in [6, 6.07) is 15.4. The third-order valence-corrected chi connectivity index (χ3v) is 6.84. The Bertz CT molecular complexity index is 1300. The van der Waals surface area contributed by atoms with Crippen molar-refractivity contribution < 1.29 is 23.8 Å². The molecule has 35 heavy (non-hydrogen) atoms. The number of thiazole rings is 1. The maximum absolute atomic E-state index is 12.9. The third kappa shape index (κ3) is 4.57. The molecule has 0 radical (unpaired) electrons. The Hall–Kier alpha value is -3.91. The summed E-state index contributed by atoms with van der Waals surface area (Å²) in [6.45, 7) is 3.59. The maximum Gasteiger partial charge on any atom is 0.336 e. The highest BCUT2D eigenvalue weighted by atomic mass is 32.1. The van der Waals surface area contributed by atoms with E-state index in [1.54, 1.807) is 21.0 Å². The average Bonchev–Trinajstić information content (AvgIpc) is 3.37. The second-order valence-electron chi connectivity index (χ2n) is 7.97. The normalized spacial score (nSPS) is 14.0. The van der Waals surface area contributed by atoms with Gasteiger partial charge in [-0.2, -0.15) is 0 Å². The van der Waals surface area contributed by atoms with Crippen molar-refractivity contribution in [1.29, 1.82) is 0 Å². The molecule has 0 saturated heterocycles. The number of ether oxygens (including phenoxy) is 3. The molecule has 2 heterocycles. The van der Waals surface area contributed by atoms with Crippen molar-refractivity contribution >= 4 is 23.3 Å². The fourth-order valence-electron chi connectivity index (χ4n) is 4.30. The molecular formula is C27H26N2O5S. The Kier molecular flexibility index (Phi) is 7.02. The number of dihydropyridines is 1. The molecule has 7 nitrogen and oxygen atoms in total. The highest BCUT2D eigenvalue weighted by Gasteiger charge is 2.38. The Morgan fingerprint density at radius 1 is 0.886 bits per heavy atom. The first-order valence-electron chi connectivity index (χ1n) is 10.9. The predicted molar refractivity (Wildman–Crippen MR) is 135 cm³/mol. The van der Waals surface area contributed by atoms with E-state index < -0.39 is 17.9 Å². The van der Waals surface area contributed by atoms with Crippen molar-refractivity contribution in [2.24, 2.45) is 0 Å². The van der Waals surface area contributed by atoms with E-state index in [0.717, 1.165) is 33.1 Å². The quantitative estimate of drug-likeness (QED) is 0.483. The lowest BCUT2D eigenvalue weighted by atomic mass is 9.78. The van der Waals surface area contributed by atoms with Crippen LogP contribution in [0.2, 0.25) is 0 Å². The van der Waals surface area contributed by atoms with Gasteiger partial charge in [-0.05, 0) is 43.7 Å². The molecule has 4 rings (SSSR count). The Morgan fingerprint density at radius 2 is 1.49 bits per heavy atom. The first-order valence-corrected chi connectivity index (χ1v) is 11.8. The van der Waals surface area contributed by atoms with Crippen molar-refractivity contribution in [3.8, 4) is 27.6 Å². The molecule has 3 aromatic rings. The number of esters is 2. The summed E-state index contributed by atoms with van der Waals surface area (Å²) in [5.74, 6) is -0.931.